The van der Waals surface area contributed by atoms with Crippen LogP contribution in [0.25, 0.3) is 0 Å². The Morgan fingerprint density at radius 3 is 2.27 bits per heavy atom. The summed E-state index contributed by atoms with van der Waals surface area (Å²) in [6, 6.07) is 15.7. The van der Waals surface area contributed by atoms with Crippen LogP contribution in [0, 0.1) is 0 Å². The van der Waals surface area contributed by atoms with E-state index in [2.05, 4.69) is 35.5 Å². The van der Waals surface area contributed by atoms with E-state index in [9.17, 15) is 14.7 Å². The molecule has 0 spiro atoms. The molecule has 0 radical (unpaired) electrons. The number of halogens is 2. The molecule has 9 heteroatoms. The van der Waals surface area contributed by atoms with Crippen LogP contribution < -0.4 is 10.2 Å². The Bertz CT molecular complexity index is 1060. The summed E-state index contributed by atoms with van der Waals surface area (Å²) < 4.78 is 0. The number of nitrogens with zero attached hydrogens (tertiary/aromatic N) is 3. The third-order valence-electron chi connectivity index (χ3n) is 7.99. The molecule has 1 saturated heterocycles. The van der Waals surface area contributed by atoms with Crippen molar-refractivity contribution in [2.24, 2.45) is 0 Å². The van der Waals surface area contributed by atoms with Crippen LogP contribution in [0.5, 0.6) is 0 Å². The predicted octanol–water partition coefficient (Wildman–Crippen LogP) is 4.53. The second-order valence-electron chi connectivity index (χ2n) is 10.2. The molecule has 2 N–H and O–H groups in total. The lowest BCUT2D eigenvalue weighted by Crippen LogP contribution is -2.45. The highest BCUT2D eigenvalue weighted by molar-refractivity contribution is 5.94. The average Bonchev–Trinajstić information content (AvgIpc) is 3.16. The standard InChI is InChI=1S/C28H36N4O3.2ClH/c1-30-15-13-20-7-10-25(19-22(20)14-16-30)32-18-17-31(28(32)35)24-11-8-23(9-12-24)29-26(27(33)34)21-5-3-2-4-6-21;;/h2-7,10,19,23-24,26,29H,8-9,11-18H2,1H3,(H,33,34);2*1H. The van der Waals surface area contributed by atoms with Crippen LogP contribution in [0.4, 0.5) is 10.5 Å². The number of amides is 2. The number of likely N-dealkylation sites (N-methyl/N-ethyl adjacent to an activating group) is 1. The van der Waals surface area contributed by atoms with Gasteiger partial charge in [-0.1, -0.05) is 36.4 Å². The fraction of sp³-hybridized carbons (Fsp3) is 0.500. The average molecular weight is 550 g/mol. The van der Waals surface area contributed by atoms with Crippen molar-refractivity contribution in [2.75, 3.05) is 38.1 Å². The van der Waals surface area contributed by atoms with Crippen molar-refractivity contribution < 1.29 is 14.7 Å². The third kappa shape index (κ3) is 6.58. The smallest absolute Gasteiger partial charge is 0.325 e. The van der Waals surface area contributed by atoms with E-state index in [-0.39, 0.29) is 42.9 Å². The molecule has 1 unspecified atom stereocenters. The van der Waals surface area contributed by atoms with Gasteiger partial charge in [-0.15, -0.1) is 24.8 Å². The van der Waals surface area contributed by atoms with E-state index in [0.29, 0.717) is 0 Å². The van der Waals surface area contributed by atoms with Crippen LogP contribution in [-0.2, 0) is 17.6 Å². The highest BCUT2D eigenvalue weighted by Gasteiger charge is 2.37. The molecule has 2 amide bonds. The van der Waals surface area contributed by atoms with Crippen molar-refractivity contribution in [1.82, 2.24) is 15.1 Å². The molecule has 5 rings (SSSR count). The van der Waals surface area contributed by atoms with Crippen molar-refractivity contribution in [3.63, 3.8) is 0 Å². The summed E-state index contributed by atoms with van der Waals surface area (Å²) in [5.41, 5.74) is 4.57. The highest BCUT2D eigenvalue weighted by Crippen LogP contribution is 2.31. The second-order valence-corrected chi connectivity index (χ2v) is 10.2. The normalized spacial score (nSPS) is 22.9. The van der Waals surface area contributed by atoms with Gasteiger partial charge in [0, 0.05) is 44.0 Å². The molecule has 2 fully saturated rings. The van der Waals surface area contributed by atoms with Gasteiger partial charge in [-0.3, -0.25) is 15.0 Å². The van der Waals surface area contributed by atoms with Gasteiger partial charge in [0.25, 0.3) is 0 Å². The molecule has 1 saturated carbocycles. The molecule has 1 atom stereocenters. The Hall–Kier alpha value is -2.32. The molecule has 0 bridgehead atoms. The predicted molar refractivity (Wildman–Crippen MR) is 151 cm³/mol. The zero-order valence-electron chi connectivity index (χ0n) is 21.3. The highest BCUT2D eigenvalue weighted by atomic mass is 35.5. The molecule has 2 heterocycles. The van der Waals surface area contributed by atoms with Gasteiger partial charge in [-0.2, -0.15) is 0 Å². The number of benzene rings is 2. The largest absolute Gasteiger partial charge is 0.480 e. The second kappa shape index (κ2) is 13.0. The number of hydrogen-bond acceptors (Lipinski definition) is 4. The zero-order chi connectivity index (χ0) is 24.4. The topological polar surface area (TPSA) is 76.1 Å². The summed E-state index contributed by atoms with van der Waals surface area (Å²) in [5.74, 6) is -0.851. The molecule has 37 heavy (non-hydrogen) atoms. The van der Waals surface area contributed by atoms with Gasteiger partial charge in [0.1, 0.15) is 6.04 Å². The van der Waals surface area contributed by atoms with E-state index in [1.165, 1.54) is 11.1 Å². The minimum atomic E-state index is -0.851. The van der Waals surface area contributed by atoms with Gasteiger partial charge in [-0.25, -0.2) is 4.79 Å². The Balaban J connectivity index is 0.00000190. The number of rotatable bonds is 6. The number of nitrogens with one attached hydrogen (secondary N) is 1. The first kappa shape index (κ1) is 29.2. The van der Waals surface area contributed by atoms with Gasteiger partial charge in [0.15, 0.2) is 0 Å². The molecule has 2 aliphatic heterocycles. The Morgan fingerprint density at radius 2 is 1.59 bits per heavy atom. The monoisotopic (exact) mass is 548 g/mol. The van der Waals surface area contributed by atoms with E-state index in [0.717, 1.165) is 76.0 Å². The maximum atomic E-state index is 13.4. The Kier molecular flexibility index (Phi) is 10.2. The first-order chi connectivity index (χ1) is 17.0. The number of anilines is 1. The van der Waals surface area contributed by atoms with Crippen LogP contribution in [0.3, 0.4) is 0 Å². The fourth-order valence-electron chi connectivity index (χ4n) is 5.87. The zero-order valence-corrected chi connectivity index (χ0v) is 23.0. The van der Waals surface area contributed by atoms with Gasteiger partial charge in [0.2, 0.25) is 0 Å². The Morgan fingerprint density at radius 1 is 0.919 bits per heavy atom. The van der Waals surface area contributed by atoms with Crippen molar-refractivity contribution in [2.45, 2.75) is 56.7 Å². The SMILES string of the molecule is CN1CCc2ccc(N3CCN(C4CCC(NC(C(=O)O)c5ccccc5)CC4)C3=O)cc2CC1.Cl.Cl. The summed E-state index contributed by atoms with van der Waals surface area (Å²) in [5, 5.41) is 13.1. The molecular weight excluding hydrogens is 511 g/mol. The van der Waals surface area contributed by atoms with Crippen molar-refractivity contribution in [3.05, 3.63) is 65.2 Å². The van der Waals surface area contributed by atoms with Crippen LogP contribution in [-0.4, -0.2) is 72.2 Å². The van der Waals surface area contributed by atoms with Crippen LogP contribution in [0.1, 0.15) is 48.4 Å². The minimum Gasteiger partial charge on any atom is -0.480 e. The summed E-state index contributed by atoms with van der Waals surface area (Å²) >= 11 is 0. The first-order valence-corrected chi connectivity index (χ1v) is 12.9. The van der Waals surface area contributed by atoms with E-state index in [4.69, 9.17) is 0 Å². The number of carbonyl (C=O) groups is 2. The fourth-order valence-corrected chi connectivity index (χ4v) is 5.87. The van der Waals surface area contributed by atoms with Crippen molar-refractivity contribution >= 4 is 42.5 Å². The lowest BCUT2D eigenvalue weighted by molar-refractivity contribution is -0.140. The molecule has 2 aromatic carbocycles. The van der Waals surface area contributed by atoms with Gasteiger partial charge >= 0.3 is 12.0 Å². The number of aliphatic carboxylic acids is 1. The maximum Gasteiger partial charge on any atom is 0.325 e. The van der Waals surface area contributed by atoms with Crippen molar-refractivity contribution in [1.29, 1.82) is 0 Å². The molecule has 3 aliphatic rings. The number of hydrogen-bond donors (Lipinski definition) is 2. The van der Waals surface area contributed by atoms with E-state index in [1.54, 1.807) is 0 Å². The van der Waals surface area contributed by atoms with Gasteiger partial charge in [-0.05, 0) is 74.4 Å². The lowest BCUT2D eigenvalue weighted by Gasteiger charge is -2.35. The van der Waals surface area contributed by atoms with E-state index < -0.39 is 12.0 Å². The van der Waals surface area contributed by atoms with Crippen LogP contribution in [0.15, 0.2) is 48.5 Å². The van der Waals surface area contributed by atoms with E-state index >= 15 is 0 Å². The van der Waals surface area contributed by atoms with E-state index in [1.807, 2.05) is 40.1 Å². The third-order valence-corrected chi connectivity index (χ3v) is 7.99. The number of urea groups is 1. The molecular formula is C28H38Cl2N4O3. The quantitative estimate of drug-likeness (QED) is 0.554. The molecule has 202 valence electrons. The molecule has 7 nitrogen and oxygen atoms in total. The molecule has 2 aromatic rings. The minimum absolute atomic E-state index is 0. The van der Waals surface area contributed by atoms with Crippen molar-refractivity contribution in [3.8, 4) is 0 Å². The number of carboxylic acids is 1. The van der Waals surface area contributed by atoms with Crippen LogP contribution >= 0.6 is 24.8 Å². The number of fused-ring (bicyclic) bond motifs is 1. The maximum absolute atomic E-state index is 13.4. The first-order valence-electron chi connectivity index (χ1n) is 12.9. The van der Waals surface area contributed by atoms with Gasteiger partial charge in [0.05, 0.1) is 0 Å². The number of carboxylic acid groups (broad SMARTS) is 1. The molecule has 0 aromatic heterocycles. The van der Waals surface area contributed by atoms with Gasteiger partial charge < -0.3 is 14.9 Å². The summed E-state index contributed by atoms with van der Waals surface area (Å²) in [6.45, 7) is 3.62. The lowest BCUT2D eigenvalue weighted by atomic mass is 9.89. The Labute approximate surface area is 232 Å². The summed E-state index contributed by atoms with van der Waals surface area (Å²) in [7, 11) is 2.17. The van der Waals surface area contributed by atoms with Crippen LogP contribution in [0.2, 0.25) is 0 Å². The summed E-state index contributed by atoms with van der Waals surface area (Å²) in [4.78, 5) is 31.6. The number of carbonyl (C=O) groups excluding carboxylic acids is 1. The molecule has 1 aliphatic carbocycles. The summed E-state index contributed by atoms with van der Waals surface area (Å²) in [6.07, 6.45) is 5.64.